The Morgan fingerprint density at radius 2 is 2.04 bits per heavy atom. The predicted octanol–water partition coefficient (Wildman–Crippen LogP) is 6.16. The van der Waals surface area contributed by atoms with Gasteiger partial charge in [0.05, 0.1) is 19.9 Å². The van der Waals surface area contributed by atoms with Crippen molar-refractivity contribution < 1.29 is 16.9 Å². The molecule has 27 heavy (non-hydrogen) atoms. The van der Waals surface area contributed by atoms with Crippen molar-refractivity contribution >= 4 is 31.5 Å². The van der Waals surface area contributed by atoms with Gasteiger partial charge < -0.3 is 0 Å². The highest BCUT2D eigenvalue weighted by Gasteiger charge is 2.22. The molecule has 0 aliphatic rings. The number of nitrogens with zero attached hydrogens (tertiary/aromatic N) is 2. The highest BCUT2D eigenvalue weighted by atomic mass is 32.1. The molecule has 0 radical (unpaired) electrons. The summed E-state index contributed by atoms with van der Waals surface area (Å²) in [5.74, 6) is -3.18. The number of hydrogen-bond donors (Lipinski definition) is 0. The third kappa shape index (κ3) is 2.72. The molecule has 2 heterocycles. The molecular formula is C24H23N2S+. The number of benzene rings is 2. The van der Waals surface area contributed by atoms with Crippen LogP contribution in [0.15, 0.2) is 42.4 Å². The van der Waals surface area contributed by atoms with E-state index in [2.05, 4.69) is 6.07 Å². The van der Waals surface area contributed by atoms with Gasteiger partial charge in [0, 0.05) is 48.8 Å². The number of fused-ring (bicyclic) bond motifs is 3. The molecule has 0 unspecified atom stereocenters. The molecule has 0 saturated heterocycles. The molecule has 0 aliphatic carbocycles. The first kappa shape index (κ1) is 10.0. The summed E-state index contributed by atoms with van der Waals surface area (Å²) in [5, 5.41) is 11.2. The van der Waals surface area contributed by atoms with E-state index in [-0.39, 0.29) is 11.4 Å². The summed E-state index contributed by atoms with van der Waals surface area (Å²) >= 11 is 1.41. The fourth-order valence-electron chi connectivity index (χ4n) is 3.40. The van der Waals surface area contributed by atoms with Crippen molar-refractivity contribution in [2.45, 2.75) is 33.4 Å². The van der Waals surface area contributed by atoms with Gasteiger partial charge in [0.1, 0.15) is 7.05 Å². The summed E-state index contributed by atoms with van der Waals surface area (Å²) in [6.07, 6.45) is 0. The summed E-state index contributed by atoms with van der Waals surface area (Å²) in [5.41, 5.74) is 1.62. The number of nitriles is 1. The lowest BCUT2D eigenvalue weighted by molar-refractivity contribution is -0.666. The average Bonchev–Trinajstić information content (AvgIpc) is 3.16. The van der Waals surface area contributed by atoms with Crippen LogP contribution in [0, 0.1) is 25.2 Å². The van der Waals surface area contributed by atoms with E-state index in [1.807, 2.05) is 25.1 Å². The number of aromatic nitrogens is 1. The first-order valence-corrected chi connectivity index (χ1v) is 9.25. The van der Waals surface area contributed by atoms with Crippen LogP contribution in [0.1, 0.15) is 54.3 Å². The monoisotopic (exact) mass is 380 g/mol. The molecule has 134 valence electrons. The van der Waals surface area contributed by atoms with Crippen molar-refractivity contribution in [1.82, 2.24) is 0 Å². The van der Waals surface area contributed by atoms with Crippen LogP contribution < -0.4 is 4.57 Å². The maximum absolute atomic E-state index is 9.66. The molecule has 0 aliphatic heterocycles. The van der Waals surface area contributed by atoms with Crippen LogP contribution in [0.4, 0.5) is 0 Å². The third-order valence-electron chi connectivity index (χ3n) is 4.87. The number of pyridine rings is 1. The zero-order valence-corrected chi connectivity index (χ0v) is 16.0. The maximum atomic E-state index is 9.66. The quantitative estimate of drug-likeness (QED) is 0.383. The third-order valence-corrected chi connectivity index (χ3v) is 6.06. The van der Waals surface area contributed by atoms with E-state index in [1.165, 1.54) is 11.3 Å². The van der Waals surface area contributed by atoms with Gasteiger partial charge in [-0.3, -0.25) is 0 Å². The minimum atomic E-state index is -3.33. The molecule has 2 aromatic heterocycles. The van der Waals surface area contributed by atoms with Crippen LogP contribution in [0.2, 0.25) is 0 Å². The molecule has 4 rings (SSSR count). The summed E-state index contributed by atoms with van der Waals surface area (Å²) in [6, 6.07) is 10.4. The highest BCUT2D eigenvalue weighted by Crippen LogP contribution is 2.42. The molecule has 0 amide bonds. The Kier molecular flexibility index (Phi) is 2.40. The lowest BCUT2D eigenvalue weighted by Gasteiger charge is -2.12. The standard InChI is InChI=1S/C24H23N2S/c1-14(2)18-11-16(4)26(5)20(12-18)22-15(3)9-10-19-23-17(13-25)7-6-8-21(23)27-24(19)22/h6-12,14H,1-5H3/q+1/i1D3,2D3,11D,12D,14D. The van der Waals surface area contributed by atoms with Gasteiger partial charge in [-0.1, -0.05) is 31.9 Å². The Hall–Kier alpha value is -2.70. The molecule has 0 spiro atoms. The molecular weight excluding hydrogens is 348 g/mol. The van der Waals surface area contributed by atoms with Crippen LogP contribution >= 0.6 is 11.3 Å². The number of rotatable bonds is 2. The van der Waals surface area contributed by atoms with Crippen molar-refractivity contribution in [2.24, 2.45) is 7.05 Å². The van der Waals surface area contributed by atoms with Crippen molar-refractivity contribution in [2.75, 3.05) is 0 Å². The molecule has 0 atom stereocenters. The van der Waals surface area contributed by atoms with Gasteiger partial charge >= 0.3 is 0 Å². The summed E-state index contributed by atoms with van der Waals surface area (Å²) in [7, 11) is 1.63. The van der Waals surface area contributed by atoms with E-state index in [0.29, 0.717) is 11.1 Å². The van der Waals surface area contributed by atoms with Gasteiger partial charge in [0.25, 0.3) is 0 Å². The van der Waals surface area contributed by atoms with E-state index in [9.17, 15) is 5.26 Å². The second kappa shape index (κ2) is 6.48. The molecule has 0 N–H and O–H groups in total. The zero-order valence-electron chi connectivity index (χ0n) is 24.2. The smallest absolute Gasteiger partial charge is 0.199 e. The van der Waals surface area contributed by atoms with E-state index >= 15 is 0 Å². The molecule has 2 nitrogen and oxygen atoms in total. The van der Waals surface area contributed by atoms with Crippen LogP contribution in [0.25, 0.3) is 31.4 Å². The predicted molar refractivity (Wildman–Crippen MR) is 114 cm³/mol. The minimum absolute atomic E-state index is 0.219. The second-order valence-corrected chi connectivity index (χ2v) is 7.57. The van der Waals surface area contributed by atoms with Crippen molar-refractivity contribution in [3.63, 3.8) is 0 Å². The Labute approximate surface area is 177 Å². The SMILES string of the molecule is [2H]c1c(C([2H])(C([2H])([2H])[2H])C([2H])([2H])[2H])c([2H])c(-c2c(C)ccc3c2sc2cccc(C#N)c23)[n+](C)c1C. The van der Waals surface area contributed by atoms with Crippen molar-refractivity contribution in [1.29, 1.82) is 5.26 Å². The Balaban J connectivity index is 2.23. The van der Waals surface area contributed by atoms with Gasteiger partial charge in [-0.05, 0) is 36.1 Å². The van der Waals surface area contributed by atoms with Crippen LogP contribution in [0.3, 0.4) is 0 Å². The van der Waals surface area contributed by atoms with Crippen molar-refractivity contribution in [3.8, 4) is 17.3 Å². The van der Waals surface area contributed by atoms with Gasteiger partial charge in [-0.15, -0.1) is 11.3 Å². The maximum Gasteiger partial charge on any atom is 0.214 e. The fourth-order valence-corrected chi connectivity index (χ4v) is 4.72. The molecule has 0 bridgehead atoms. The van der Waals surface area contributed by atoms with Crippen LogP contribution in [-0.2, 0) is 7.05 Å². The van der Waals surface area contributed by atoms with Crippen LogP contribution in [-0.4, -0.2) is 0 Å². The van der Waals surface area contributed by atoms with Gasteiger partial charge in [-0.2, -0.15) is 9.83 Å². The topological polar surface area (TPSA) is 27.7 Å². The average molecular weight is 381 g/mol. The van der Waals surface area contributed by atoms with E-state index in [1.54, 1.807) is 30.7 Å². The lowest BCUT2D eigenvalue weighted by atomic mass is 9.96. The van der Waals surface area contributed by atoms with Gasteiger partial charge in [-0.25, -0.2) is 0 Å². The fraction of sp³-hybridized carbons (Fsp3) is 0.250. The number of thiophene rings is 1. The Morgan fingerprint density at radius 1 is 1.22 bits per heavy atom. The molecule has 0 fully saturated rings. The van der Waals surface area contributed by atoms with Crippen molar-refractivity contribution in [3.05, 3.63) is 64.8 Å². The molecule has 0 saturated carbocycles. The summed E-state index contributed by atoms with van der Waals surface area (Å²) in [4.78, 5) is 0. The largest absolute Gasteiger partial charge is 0.214 e. The molecule has 2 aromatic carbocycles. The number of aryl methyl sites for hydroxylation is 1. The summed E-state index contributed by atoms with van der Waals surface area (Å²) in [6.45, 7) is -3.28. The van der Waals surface area contributed by atoms with Gasteiger partial charge in [0.2, 0.25) is 5.69 Å². The highest BCUT2D eigenvalue weighted by molar-refractivity contribution is 7.26. The lowest BCUT2D eigenvalue weighted by Crippen LogP contribution is -2.35. The van der Waals surface area contributed by atoms with E-state index in [4.69, 9.17) is 12.3 Å². The van der Waals surface area contributed by atoms with Gasteiger partial charge in [0.15, 0.2) is 5.69 Å². The molecule has 4 aromatic rings. The van der Waals surface area contributed by atoms with E-state index in [0.717, 1.165) is 25.7 Å². The summed E-state index contributed by atoms with van der Waals surface area (Å²) < 4.78 is 77.3. The first-order valence-electron chi connectivity index (χ1n) is 12.9. The minimum Gasteiger partial charge on any atom is -0.199 e. The Morgan fingerprint density at radius 3 is 2.78 bits per heavy atom. The first-order chi connectivity index (χ1) is 16.6. The Bertz CT molecular complexity index is 1580. The normalized spacial score (nSPS) is 17.6. The second-order valence-electron chi connectivity index (χ2n) is 6.52. The number of hydrogen-bond acceptors (Lipinski definition) is 2. The zero-order chi connectivity index (χ0) is 27.0. The van der Waals surface area contributed by atoms with E-state index < -0.39 is 37.2 Å². The molecule has 3 heteroatoms. The van der Waals surface area contributed by atoms with Crippen LogP contribution in [0.5, 0.6) is 0 Å².